The second-order valence-corrected chi connectivity index (χ2v) is 1.63. The molecule has 0 rings (SSSR count). The van der Waals surface area contributed by atoms with Crippen molar-refractivity contribution in [1.29, 1.82) is 0 Å². The molecule has 0 saturated carbocycles. The molecule has 53 valence electrons. The van der Waals surface area contributed by atoms with E-state index in [1.807, 2.05) is 0 Å². The Balaban J connectivity index is 2.97. The number of carbonyl (C=O) groups excluding carboxylic acids is 1. The van der Waals surface area contributed by atoms with Crippen LogP contribution in [0.5, 0.6) is 0 Å². The topological polar surface area (TPSA) is 52.3 Å². The Morgan fingerprint density at radius 3 is 2.78 bits per heavy atom. The van der Waals surface area contributed by atoms with E-state index < -0.39 is 0 Å². The van der Waals surface area contributed by atoms with Crippen molar-refractivity contribution in [2.45, 2.75) is 12.8 Å². The van der Waals surface area contributed by atoms with E-state index in [1.54, 1.807) is 0 Å². The average molecular weight is 130 g/mol. The molecule has 0 amide bonds. The predicted molar refractivity (Wildman–Crippen MR) is 34.6 cm³/mol. The summed E-state index contributed by atoms with van der Waals surface area (Å²) >= 11 is 0. The highest BCUT2D eigenvalue weighted by Crippen LogP contribution is 1.86. The summed E-state index contributed by atoms with van der Waals surface area (Å²) in [5.74, 6) is -0.344. The molecule has 9 heavy (non-hydrogen) atoms. The standard InChI is InChI=1S/C6H12NO2/c1-2-3-4-9-6(8)5-7/h1-5,7H2. The largest absolute Gasteiger partial charge is 0.465 e. The molecule has 0 saturated heterocycles. The summed E-state index contributed by atoms with van der Waals surface area (Å²) in [6.45, 7) is 4.00. The van der Waals surface area contributed by atoms with Crippen LogP contribution >= 0.6 is 0 Å². The minimum atomic E-state index is -0.344. The Kier molecular flexibility index (Phi) is 5.21. The fourth-order valence-electron chi connectivity index (χ4n) is 0.347. The molecule has 0 aromatic carbocycles. The third kappa shape index (κ3) is 5.30. The van der Waals surface area contributed by atoms with Crippen molar-refractivity contribution in [1.82, 2.24) is 0 Å². The van der Waals surface area contributed by atoms with Crippen LogP contribution in [0.25, 0.3) is 0 Å². The van der Waals surface area contributed by atoms with E-state index in [2.05, 4.69) is 11.7 Å². The normalized spacial score (nSPS) is 9.11. The monoisotopic (exact) mass is 130 g/mol. The fourth-order valence-corrected chi connectivity index (χ4v) is 0.347. The van der Waals surface area contributed by atoms with E-state index >= 15 is 0 Å². The Labute approximate surface area is 55.2 Å². The number of hydrogen-bond donors (Lipinski definition) is 1. The molecule has 1 radical (unpaired) electrons. The van der Waals surface area contributed by atoms with Crippen LogP contribution in [0, 0.1) is 6.92 Å². The molecule has 0 bridgehead atoms. The fraction of sp³-hybridized carbons (Fsp3) is 0.667. The molecule has 0 aliphatic heterocycles. The zero-order valence-corrected chi connectivity index (χ0v) is 5.43. The predicted octanol–water partition coefficient (Wildman–Crippen LogP) is 0.103. The van der Waals surface area contributed by atoms with E-state index in [1.165, 1.54) is 0 Å². The lowest BCUT2D eigenvalue weighted by atomic mass is 10.4. The number of unbranched alkanes of at least 4 members (excludes halogenated alkanes) is 1. The second-order valence-electron chi connectivity index (χ2n) is 1.63. The highest BCUT2D eigenvalue weighted by Gasteiger charge is 1.94. The van der Waals surface area contributed by atoms with Gasteiger partial charge in [0, 0.05) is 0 Å². The Hall–Kier alpha value is -0.570. The van der Waals surface area contributed by atoms with Gasteiger partial charge in [-0.15, -0.1) is 0 Å². The van der Waals surface area contributed by atoms with Gasteiger partial charge < -0.3 is 10.5 Å². The molecular formula is C6H12NO2. The summed E-state index contributed by atoms with van der Waals surface area (Å²) in [4.78, 5) is 10.3. The summed E-state index contributed by atoms with van der Waals surface area (Å²) in [5, 5.41) is 0. The van der Waals surface area contributed by atoms with Gasteiger partial charge in [0.2, 0.25) is 0 Å². The number of carbonyl (C=O) groups is 1. The molecule has 0 spiro atoms. The van der Waals surface area contributed by atoms with Crippen molar-refractivity contribution in [3.8, 4) is 0 Å². The van der Waals surface area contributed by atoms with Crippen molar-refractivity contribution < 1.29 is 9.53 Å². The minimum Gasteiger partial charge on any atom is -0.465 e. The number of ether oxygens (including phenoxy) is 1. The van der Waals surface area contributed by atoms with Crippen LogP contribution in [0.4, 0.5) is 0 Å². The third-order valence-corrected chi connectivity index (χ3v) is 0.824. The molecule has 0 unspecified atom stereocenters. The molecule has 0 aromatic heterocycles. The van der Waals surface area contributed by atoms with Crippen LogP contribution in [-0.2, 0) is 9.53 Å². The third-order valence-electron chi connectivity index (χ3n) is 0.824. The lowest BCUT2D eigenvalue weighted by Gasteiger charge is -1.99. The van der Waals surface area contributed by atoms with Crippen molar-refractivity contribution in [2.75, 3.05) is 13.2 Å². The van der Waals surface area contributed by atoms with Gasteiger partial charge in [-0.2, -0.15) is 0 Å². The molecule has 3 heteroatoms. The SMILES string of the molecule is [CH2]CCCOC(=O)CN. The maximum absolute atomic E-state index is 10.3. The van der Waals surface area contributed by atoms with Crippen molar-refractivity contribution in [3.05, 3.63) is 6.92 Å². The molecule has 0 fully saturated rings. The highest BCUT2D eigenvalue weighted by atomic mass is 16.5. The van der Waals surface area contributed by atoms with Crippen molar-refractivity contribution >= 4 is 5.97 Å². The maximum Gasteiger partial charge on any atom is 0.319 e. The first-order valence-electron chi connectivity index (χ1n) is 2.96. The first-order chi connectivity index (χ1) is 4.31. The van der Waals surface area contributed by atoms with Crippen molar-refractivity contribution in [2.24, 2.45) is 5.73 Å². The zero-order chi connectivity index (χ0) is 7.11. The molecule has 3 nitrogen and oxygen atoms in total. The van der Waals surface area contributed by atoms with Gasteiger partial charge in [0.05, 0.1) is 13.2 Å². The molecular weight excluding hydrogens is 118 g/mol. The number of rotatable bonds is 4. The summed E-state index contributed by atoms with van der Waals surface area (Å²) in [5.41, 5.74) is 4.96. The van der Waals surface area contributed by atoms with Crippen LogP contribution in [-0.4, -0.2) is 19.1 Å². The van der Waals surface area contributed by atoms with E-state index in [4.69, 9.17) is 5.73 Å². The summed E-state index contributed by atoms with van der Waals surface area (Å²) < 4.78 is 4.63. The molecule has 0 aliphatic rings. The summed E-state index contributed by atoms with van der Waals surface area (Å²) in [6.07, 6.45) is 1.60. The Morgan fingerprint density at radius 1 is 1.67 bits per heavy atom. The molecule has 2 N–H and O–H groups in total. The quantitative estimate of drug-likeness (QED) is 0.434. The lowest BCUT2D eigenvalue weighted by molar-refractivity contribution is -0.141. The van der Waals surface area contributed by atoms with E-state index in [0.29, 0.717) is 6.61 Å². The average Bonchev–Trinajstić information content (AvgIpc) is 1.89. The van der Waals surface area contributed by atoms with Gasteiger partial charge in [0.15, 0.2) is 0 Å². The lowest BCUT2D eigenvalue weighted by Crippen LogP contribution is -2.17. The van der Waals surface area contributed by atoms with Gasteiger partial charge >= 0.3 is 5.97 Å². The van der Waals surface area contributed by atoms with Gasteiger partial charge in [-0.25, -0.2) is 0 Å². The maximum atomic E-state index is 10.3. The van der Waals surface area contributed by atoms with Gasteiger partial charge in [-0.05, 0) is 6.42 Å². The molecule has 0 aliphatic carbocycles. The van der Waals surface area contributed by atoms with Gasteiger partial charge in [0.25, 0.3) is 0 Å². The van der Waals surface area contributed by atoms with E-state index in [9.17, 15) is 4.79 Å². The second kappa shape index (κ2) is 5.56. The molecule has 0 heterocycles. The number of hydrogen-bond acceptors (Lipinski definition) is 3. The van der Waals surface area contributed by atoms with Crippen LogP contribution in [0.1, 0.15) is 12.8 Å². The number of nitrogens with two attached hydrogens (primary N) is 1. The Morgan fingerprint density at radius 2 is 2.33 bits per heavy atom. The highest BCUT2D eigenvalue weighted by molar-refractivity contribution is 5.71. The summed E-state index contributed by atoms with van der Waals surface area (Å²) in [6, 6.07) is 0. The first kappa shape index (κ1) is 8.43. The molecule has 0 atom stereocenters. The molecule has 0 aromatic rings. The summed E-state index contributed by atoms with van der Waals surface area (Å²) in [7, 11) is 0. The zero-order valence-electron chi connectivity index (χ0n) is 5.43. The van der Waals surface area contributed by atoms with Crippen LogP contribution in [0.3, 0.4) is 0 Å². The Bertz CT molecular complexity index is 83.1. The smallest absolute Gasteiger partial charge is 0.319 e. The van der Waals surface area contributed by atoms with Crippen LogP contribution in [0.2, 0.25) is 0 Å². The van der Waals surface area contributed by atoms with Crippen LogP contribution in [0.15, 0.2) is 0 Å². The number of esters is 1. The van der Waals surface area contributed by atoms with Gasteiger partial charge in [0.1, 0.15) is 0 Å². The van der Waals surface area contributed by atoms with E-state index in [-0.39, 0.29) is 12.5 Å². The van der Waals surface area contributed by atoms with Crippen molar-refractivity contribution in [3.63, 3.8) is 0 Å². The van der Waals surface area contributed by atoms with Gasteiger partial charge in [-0.3, -0.25) is 4.79 Å². The van der Waals surface area contributed by atoms with Crippen LogP contribution < -0.4 is 5.73 Å². The first-order valence-corrected chi connectivity index (χ1v) is 2.96. The minimum absolute atomic E-state index is 0.0306. The van der Waals surface area contributed by atoms with Gasteiger partial charge in [-0.1, -0.05) is 13.3 Å². The van der Waals surface area contributed by atoms with E-state index in [0.717, 1.165) is 12.8 Å².